The minimum Gasteiger partial charge on any atom is -0.121 e. The average Bonchev–Trinajstić information content (AvgIpc) is 2.47. The van der Waals surface area contributed by atoms with Gasteiger partial charge < -0.3 is 0 Å². The molecule has 0 saturated carbocycles. The topological polar surface area (TPSA) is 0 Å². The van der Waals surface area contributed by atoms with Gasteiger partial charge >= 0.3 is 0 Å². The average molecular weight is 361 g/mol. The van der Waals surface area contributed by atoms with Crippen molar-refractivity contribution in [1.82, 2.24) is 0 Å². The number of halogens is 3. The normalized spacial score (nSPS) is 13.6. The van der Waals surface area contributed by atoms with Crippen molar-refractivity contribution in [3.05, 3.63) is 19.2 Å². The molecule has 0 fully saturated rings. The smallest absolute Gasteiger partial charge is 0.0757 e. The number of rotatable bonds is 4. The maximum absolute atomic E-state index is 6.45. The van der Waals surface area contributed by atoms with Crippen LogP contribution in [0.25, 0.3) is 0 Å². The standard InChI is InChI=1S/C10H13Br2ClS/c1-3-6(4-2)9(13)7-5-8(11)14-10(7)12/h5-6,9H,3-4H2,1-2H3. The second kappa shape index (κ2) is 5.88. The number of thiophene rings is 1. The van der Waals surface area contributed by atoms with Crippen LogP contribution in [0.4, 0.5) is 0 Å². The van der Waals surface area contributed by atoms with E-state index in [1.807, 2.05) is 0 Å². The van der Waals surface area contributed by atoms with Crippen LogP contribution in [-0.2, 0) is 0 Å². The molecule has 0 N–H and O–H groups in total. The van der Waals surface area contributed by atoms with Gasteiger partial charge in [0.05, 0.1) is 12.9 Å². The summed E-state index contributed by atoms with van der Waals surface area (Å²) in [7, 11) is 0. The lowest BCUT2D eigenvalue weighted by Gasteiger charge is -2.18. The molecule has 4 heteroatoms. The summed E-state index contributed by atoms with van der Waals surface area (Å²) in [6, 6.07) is 2.12. The fourth-order valence-electron chi connectivity index (χ4n) is 1.50. The van der Waals surface area contributed by atoms with Gasteiger partial charge in [0, 0.05) is 0 Å². The second-order valence-corrected chi connectivity index (χ2v) is 7.48. The van der Waals surface area contributed by atoms with Gasteiger partial charge in [0.15, 0.2) is 0 Å². The summed E-state index contributed by atoms with van der Waals surface area (Å²) in [5.74, 6) is 0.564. The van der Waals surface area contributed by atoms with Crippen molar-refractivity contribution in [3.8, 4) is 0 Å². The summed E-state index contributed by atoms with van der Waals surface area (Å²) in [6.45, 7) is 4.39. The molecule has 1 rings (SSSR count). The highest BCUT2D eigenvalue weighted by atomic mass is 79.9. The van der Waals surface area contributed by atoms with Gasteiger partial charge in [-0.1, -0.05) is 26.7 Å². The molecule has 1 heterocycles. The van der Waals surface area contributed by atoms with Gasteiger partial charge in [0.2, 0.25) is 0 Å². The Hall–Kier alpha value is 0.950. The van der Waals surface area contributed by atoms with Crippen LogP contribution in [0.5, 0.6) is 0 Å². The van der Waals surface area contributed by atoms with Gasteiger partial charge in [-0.3, -0.25) is 0 Å². The van der Waals surface area contributed by atoms with Crippen LogP contribution < -0.4 is 0 Å². The van der Waals surface area contributed by atoms with Gasteiger partial charge in [-0.2, -0.15) is 0 Å². The Morgan fingerprint density at radius 2 is 1.93 bits per heavy atom. The Bertz CT molecular complexity index is 294. The van der Waals surface area contributed by atoms with E-state index in [9.17, 15) is 0 Å². The third kappa shape index (κ3) is 2.97. The summed E-state index contributed by atoms with van der Waals surface area (Å²) in [6.07, 6.45) is 2.26. The molecule has 0 aliphatic rings. The van der Waals surface area contributed by atoms with Gasteiger partial charge in [0.25, 0.3) is 0 Å². The summed E-state index contributed by atoms with van der Waals surface area (Å²) in [5, 5.41) is 0.127. The van der Waals surface area contributed by atoms with E-state index in [0.29, 0.717) is 5.92 Å². The lowest BCUT2D eigenvalue weighted by atomic mass is 9.95. The number of alkyl halides is 1. The van der Waals surface area contributed by atoms with Crippen molar-refractivity contribution >= 4 is 54.8 Å². The third-order valence-electron chi connectivity index (χ3n) is 2.44. The molecule has 0 radical (unpaired) electrons. The molecule has 1 atom stereocenters. The molecule has 0 bridgehead atoms. The molecule has 14 heavy (non-hydrogen) atoms. The SMILES string of the molecule is CCC(CC)C(Cl)c1cc(Br)sc1Br. The molecular weight excluding hydrogens is 347 g/mol. The molecular formula is C10H13Br2ClS. The Morgan fingerprint density at radius 3 is 2.29 bits per heavy atom. The second-order valence-electron chi connectivity index (χ2n) is 3.26. The molecule has 0 aliphatic heterocycles. The number of hydrogen-bond acceptors (Lipinski definition) is 1. The summed E-state index contributed by atoms with van der Waals surface area (Å²) >= 11 is 15.2. The van der Waals surface area contributed by atoms with Gasteiger partial charge in [-0.15, -0.1) is 22.9 Å². The zero-order valence-corrected chi connectivity index (χ0v) is 12.9. The largest absolute Gasteiger partial charge is 0.121 e. The fraction of sp³-hybridized carbons (Fsp3) is 0.600. The first-order valence-electron chi connectivity index (χ1n) is 4.68. The Labute approximate surface area is 111 Å². The molecule has 1 unspecified atom stereocenters. The maximum atomic E-state index is 6.45. The van der Waals surface area contributed by atoms with E-state index < -0.39 is 0 Å². The first-order chi connectivity index (χ1) is 6.60. The predicted octanol–water partition coefficient (Wildman–Crippen LogP) is 5.99. The molecule has 0 aliphatic carbocycles. The van der Waals surface area contributed by atoms with Crippen molar-refractivity contribution in [2.75, 3.05) is 0 Å². The van der Waals surface area contributed by atoms with Crippen LogP contribution in [0.2, 0.25) is 0 Å². The van der Waals surface area contributed by atoms with Gasteiger partial charge in [-0.05, 0) is 49.4 Å². The zero-order valence-electron chi connectivity index (χ0n) is 8.19. The highest BCUT2D eigenvalue weighted by Gasteiger charge is 2.21. The highest BCUT2D eigenvalue weighted by molar-refractivity contribution is 9.12. The lowest BCUT2D eigenvalue weighted by Crippen LogP contribution is -2.05. The zero-order chi connectivity index (χ0) is 10.7. The van der Waals surface area contributed by atoms with E-state index in [2.05, 4.69) is 51.8 Å². The number of hydrogen-bond donors (Lipinski definition) is 0. The molecule has 0 nitrogen and oxygen atoms in total. The van der Waals surface area contributed by atoms with E-state index in [1.165, 1.54) is 5.56 Å². The molecule has 1 aromatic heterocycles. The quantitative estimate of drug-likeness (QED) is 0.579. The Kier molecular flexibility index (Phi) is 5.47. The van der Waals surface area contributed by atoms with Crippen molar-refractivity contribution < 1.29 is 0 Å². The van der Waals surface area contributed by atoms with E-state index >= 15 is 0 Å². The first-order valence-corrected chi connectivity index (χ1v) is 7.52. The predicted molar refractivity (Wildman–Crippen MR) is 72.4 cm³/mol. The van der Waals surface area contributed by atoms with Crippen LogP contribution in [0.1, 0.15) is 37.6 Å². The fourth-order valence-corrected chi connectivity index (χ4v) is 5.15. The van der Waals surface area contributed by atoms with Crippen molar-refractivity contribution in [1.29, 1.82) is 0 Å². The van der Waals surface area contributed by atoms with E-state index in [1.54, 1.807) is 11.3 Å². The van der Waals surface area contributed by atoms with Crippen molar-refractivity contribution in [2.45, 2.75) is 32.1 Å². The van der Waals surface area contributed by atoms with Crippen LogP contribution in [0, 0.1) is 5.92 Å². The Balaban J connectivity index is 2.87. The lowest BCUT2D eigenvalue weighted by molar-refractivity contribution is 0.476. The van der Waals surface area contributed by atoms with E-state index in [0.717, 1.165) is 20.4 Å². The first kappa shape index (κ1) is 13.0. The molecule has 80 valence electrons. The van der Waals surface area contributed by atoms with Gasteiger partial charge in [-0.25, -0.2) is 0 Å². The van der Waals surface area contributed by atoms with E-state index in [4.69, 9.17) is 11.6 Å². The van der Waals surface area contributed by atoms with Crippen LogP contribution in [0.15, 0.2) is 13.6 Å². The van der Waals surface area contributed by atoms with Crippen LogP contribution in [0.3, 0.4) is 0 Å². The minimum atomic E-state index is 0.127. The summed E-state index contributed by atoms with van der Waals surface area (Å²) < 4.78 is 2.28. The molecule has 0 aromatic carbocycles. The maximum Gasteiger partial charge on any atom is 0.0757 e. The van der Waals surface area contributed by atoms with Crippen LogP contribution in [-0.4, -0.2) is 0 Å². The van der Waals surface area contributed by atoms with Crippen LogP contribution >= 0.6 is 54.8 Å². The van der Waals surface area contributed by atoms with Crippen molar-refractivity contribution in [2.24, 2.45) is 5.92 Å². The Morgan fingerprint density at radius 1 is 1.36 bits per heavy atom. The minimum absolute atomic E-state index is 0.127. The van der Waals surface area contributed by atoms with Gasteiger partial charge in [0.1, 0.15) is 0 Å². The highest BCUT2D eigenvalue weighted by Crippen LogP contribution is 2.42. The third-order valence-corrected chi connectivity index (χ3v) is 5.42. The summed E-state index contributed by atoms with van der Waals surface area (Å²) in [5.41, 5.74) is 1.22. The molecule has 0 amide bonds. The molecule has 0 saturated heterocycles. The molecule has 0 spiro atoms. The molecule has 1 aromatic rings. The monoisotopic (exact) mass is 358 g/mol. The van der Waals surface area contributed by atoms with Crippen molar-refractivity contribution in [3.63, 3.8) is 0 Å². The van der Waals surface area contributed by atoms with E-state index in [-0.39, 0.29) is 5.38 Å². The summed E-state index contributed by atoms with van der Waals surface area (Å²) in [4.78, 5) is 0.